The average Bonchev–Trinajstić information content (AvgIpc) is 3.01. The monoisotopic (exact) mass is 475 g/mol. The Morgan fingerprint density at radius 2 is 2.00 bits per heavy atom. The maximum atomic E-state index is 5.81. The van der Waals surface area contributed by atoms with Crippen LogP contribution in [0.5, 0.6) is 5.75 Å². The molecule has 6 heteroatoms. The third-order valence-corrected chi connectivity index (χ3v) is 4.22. The van der Waals surface area contributed by atoms with Crippen LogP contribution in [-0.2, 0) is 11.2 Å². The number of benzene rings is 1. The van der Waals surface area contributed by atoms with Crippen LogP contribution in [0.1, 0.15) is 46.1 Å². The maximum absolute atomic E-state index is 5.81. The molecule has 1 saturated heterocycles. The smallest absolute Gasteiger partial charge is 0.191 e. The van der Waals surface area contributed by atoms with E-state index in [1.165, 1.54) is 5.56 Å². The normalized spacial score (nSPS) is 20.0. The fourth-order valence-corrected chi connectivity index (χ4v) is 2.88. The zero-order chi connectivity index (χ0) is 18.1. The number of guanidine groups is 1. The highest BCUT2D eigenvalue weighted by Crippen LogP contribution is 2.25. The van der Waals surface area contributed by atoms with Gasteiger partial charge >= 0.3 is 0 Å². The van der Waals surface area contributed by atoms with Crippen molar-refractivity contribution in [2.45, 2.75) is 58.7 Å². The summed E-state index contributed by atoms with van der Waals surface area (Å²) in [6, 6.07) is 8.31. The second-order valence-electron chi connectivity index (χ2n) is 7.08. The highest BCUT2D eigenvalue weighted by molar-refractivity contribution is 14.0. The number of nitrogens with one attached hydrogen (secondary N) is 2. The van der Waals surface area contributed by atoms with Crippen LogP contribution >= 0.6 is 24.0 Å². The van der Waals surface area contributed by atoms with E-state index in [4.69, 9.17) is 14.5 Å². The highest BCUT2D eigenvalue weighted by atomic mass is 127. The summed E-state index contributed by atoms with van der Waals surface area (Å²) < 4.78 is 11.5. The van der Waals surface area contributed by atoms with Gasteiger partial charge in [0.1, 0.15) is 5.75 Å². The van der Waals surface area contributed by atoms with Gasteiger partial charge in [-0.15, -0.1) is 24.0 Å². The Kier molecular flexibility index (Phi) is 10.3. The molecule has 1 heterocycles. The summed E-state index contributed by atoms with van der Waals surface area (Å²) in [6.07, 6.45) is 3.37. The molecule has 2 rings (SSSR count). The van der Waals surface area contributed by atoms with E-state index in [1.807, 2.05) is 26.0 Å². The standard InChI is InChI=1S/C20H33N3O2.HI/c1-5-21-19(23-15-20(4)12-6-14-24-20)22-13-11-17-7-9-18(10-8-17)25-16(2)3;/h7-10,16H,5-6,11-15H2,1-4H3,(H2,21,22,23);1H. The minimum Gasteiger partial charge on any atom is -0.491 e. The largest absolute Gasteiger partial charge is 0.491 e. The van der Waals surface area contributed by atoms with Gasteiger partial charge < -0.3 is 20.1 Å². The molecule has 0 saturated carbocycles. The molecule has 1 aliphatic heterocycles. The number of nitrogens with zero attached hydrogens (tertiary/aromatic N) is 1. The van der Waals surface area contributed by atoms with Crippen LogP contribution in [0.25, 0.3) is 0 Å². The summed E-state index contributed by atoms with van der Waals surface area (Å²) in [6.45, 7) is 11.5. The van der Waals surface area contributed by atoms with E-state index in [2.05, 4.69) is 36.6 Å². The number of ether oxygens (including phenoxy) is 2. The average molecular weight is 475 g/mol. The predicted octanol–water partition coefficient (Wildman–Crippen LogP) is 3.76. The van der Waals surface area contributed by atoms with Crippen LogP contribution in [0, 0.1) is 0 Å². The minimum atomic E-state index is -0.103. The van der Waals surface area contributed by atoms with Gasteiger partial charge in [0.25, 0.3) is 0 Å². The number of aliphatic imine (C=N–C) groups is 1. The fraction of sp³-hybridized carbons (Fsp3) is 0.650. The molecular formula is C20H34IN3O2. The SMILES string of the molecule is CCNC(=NCC1(C)CCCO1)NCCc1ccc(OC(C)C)cc1.I. The predicted molar refractivity (Wildman–Crippen MR) is 119 cm³/mol. The van der Waals surface area contributed by atoms with E-state index in [0.29, 0.717) is 6.54 Å². The zero-order valence-corrected chi connectivity index (χ0v) is 18.8. The molecule has 26 heavy (non-hydrogen) atoms. The Balaban J connectivity index is 0.00000338. The van der Waals surface area contributed by atoms with Crippen molar-refractivity contribution in [3.05, 3.63) is 29.8 Å². The Labute approximate surface area is 175 Å². The van der Waals surface area contributed by atoms with Crippen LogP contribution < -0.4 is 15.4 Å². The van der Waals surface area contributed by atoms with Crippen LogP contribution in [0.4, 0.5) is 0 Å². The molecule has 5 nitrogen and oxygen atoms in total. The minimum absolute atomic E-state index is 0. The van der Waals surface area contributed by atoms with Gasteiger partial charge in [0, 0.05) is 19.7 Å². The van der Waals surface area contributed by atoms with Gasteiger partial charge in [0.2, 0.25) is 0 Å². The fourth-order valence-electron chi connectivity index (χ4n) is 2.88. The van der Waals surface area contributed by atoms with Crippen molar-refractivity contribution in [3.63, 3.8) is 0 Å². The molecule has 0 aliphatic carbocycles. The maximum Gasteiger partial charge on any atom is 0.191 e. The molecule has 0 spiro atoms. The van der Waals surface area contributed by atoms with Crippen LogP contribution in [-0.4, -0.2) is 43.9 Å². The van der Waals surface area contributed by atoms with Gasteiger partial charge in [-0.1, -0.05) is 12.1 Å². The van der Waals surface area contributed by atoms with E-state index < -0.39 is 0 Å². The second kappa shape index (κ2) is 11.6. The molecule has 1 aliphatic rings. The van der Waals surface area contributed by atoms with E-state index in [9.17, 15) is 0 Å². The molecule has 2 N–H and O–H groups in total. The number of hydrogen-bond donors (Lipinski definition) is 2. The van der Waals surface area contributed by atoms with E-state index in [0.717, 1.165) is 50.7 Å². The lowest BCUT2D eigenvalue weighted by Gasteiger charge is -2.21. The molecule has 1 aromatic rings. The van der Waals surface area contributed by atoms with Gasteiger partial charge in [-0.25, -0.2) is 0 Å². The molecule has 0 bridgehead atoms. The molecule has 1 fully saturated rings. The lowest BCUT2D eigenvalue weighted by molar-refractivity contribution is 0.0283. The topological polar surface area (TPSA) is 54.9 Å². The molecule has 1 atom stereocenters. The van der Waals surface area contributed by atoms with Crippen molar-refractivity contribution < 1.29 is 9.47 Å². The molecular weight excluding hydrogens is 441 g/mol. The van der Waals surface area contributed by atoms with Crippen molar-refractivity contribution in [1.29, 1.82) is 0 Å². The van der Waals surface area contributed by atoms with Gasteiger partial charge in [0.15, 0.2) is 5.96 Å². The molecule has 148 valence electrons. The Morgan fingerprint density at radius 3 is 2.58 bits per heavy atom. The zero-order valence-electron chi connectivity index (χ0n) is 16.5. The molecule has 0 aromatic heterocycles. The third-order valence-electron chi connectivity index (χ3n) is 4.22. The van der Waals surface area contributed by atoms with Crippen LogP contribution in [0.2, 0.25) is 0 Å². The summed E-state index contributed by atoms with van der Waals surface area (Å²) in [7, 11) is 0. The van der Waals surface area contributed by atoms with Crippen molar-refractivity contribution in [3.8, 4) is 5.75 Å². The lowest BCUT2D eigenvalue weighted by atomic mass is 10.0. The van der Waals surface area contributed by atoms with Crippen molar-refractivity contribution in [1.82, 2.24) is 10.6 Å². The highest BCUT2D eigenvalue weighted by Gasteiger charge is 2.29. The van der Waals surface area contributed by atoms with Gasteiger partial charge in [0.05, 0.1) is 18.2 Å². The van der Waals surface area contributed by atoms with E-state index in [-0.39, 0.29) is 35.7 Å². The number of halogens is 1. The number of rotatable bonds is 8. The van der Waals surface area contributed by atoms with Gasteiger partial charge in [-0.05, 0) is 64.7 Å². The quantitative estimate of drug-likeness (QED) is 0.342. The Morgan fingerprint density at radius 1 is 1.27 bits per heavy atom. The third kappa shape index (κ3) is 8.12. The van der Waals surface area contributed by atoms with Gasteiger partial charge in [-0.3, -0.25) is 4.99 Å². The van der Waals surface area contributed by atoms with Gasteiger partial charge in [-0.2, -0.15) is 0 Å². The summed E-state index contributed by atoms with van der Waals surface area (Å²) in [5, 5.41) is 6.71. The summed E-state index contributed by atoms with van der Waals surface area (Å²) in [4.78, 5) is 4.69. The summed E-state index contributed by atoms with van der Waals surface area (Å²) in [5.41, 5.74) is 1.18. The van der Waals surface area contributed by atoms with Crippen molar-refractivity contribution in [2.75, 3.05) is 26.2 Å². The first kappa shape index (κ1) is 23.0. The second-order valence-corrected chi connectivity index (χ2v) is 7.08. The van der Waals surface area contributed by atoms with Crippen LogP contribution in [0.3, 0.4) is 0 Å². The van der Waals surface area contributed by atoms with E-state index >= 15 is 0 Å². The first-order valence-electron chi connectivity index (χ1n) is 9.42. The Hall–Kier alpha value is -1.02. The van der Waals surface area contributed by atoms with Crippen LogP contribution in [0.15, 0.2) is 29.3 Å². The lowest BCUT2D eigenvalue weighted by Crippen LogP contribution is -2.40. The molecule has 1 unspecified atom stereocenters. The van der Waals surface area contributed by atoms with Crippen molar-refractivity contribution in [2.24, 2.45) is 4.99 Å². The Bertz CT molecular complexity index is 540. The summed E-state index contributed by atoms with van der Waals surface area (Å²) >= 11 is 0. The first-order chi connectivity index (χ1) is 12.0. The first-order valence-corrected chi connectivity index (χ1v) is 9.42. The molecule has 0 radical (unpaired) electrons. The van der Waals surface area contributed by atoms with E-state index in [1.54, 1.807) is 0 Å². The molecule has 0 amide bonds. The summed E-state index contributed by atoms with van der Waals surface area (Å²) in [5.74, 6) is 1.78. The number of hydrogen-bond acceptors (Lipinski definition) is 3. The molecule has 1 aromatic carbocycles. The van der Waals surface area contributed by atoms with Crippen molar-refractivity contribution >= 4 is 29.9 Å².